The van der Waals surface area contributed by atoms with Crippen LogP contribution in [0.25, 0.3) is 0 Å². The number of hydrogen-bond donors (Lipinski definition) is 3. The Bertz CT molecular complexity index is 1390. The summed E-state index contributed by atoms with van der Waals surface area (Å²) in [6.45, 7) is 13.4. The van der Waals surface area contributed by atoms with Gasteiger partial charge in [-0.05, 0) is 51.8 Å². The van der Waals surface area contributed by atoms with Crippen molar-refractivity contribution in [2.75, 3.05) is 33.3 Å². The Morgan fingerprint density at radius 3 is 2.12 bits per heavy atom. The van der Waals surface area contributed by atoms with E-state index < -0.39 is 72.2 Å². The largest absolute Gasteiger partial charge is 0.467 e. The number of benzene rings is 1. The number of piperidine rings is 1. The van der Waals surface area contributed by atoms with Gasteiger partial charge >= 0.3 is 30.0 Å². The molecule has 2 aliphatic heterocycles. The van der Waals surface area contributed by atoms with Gasteiger partial charge in [-0.2, -0.15) is 0 Å². The minimum atomic E-state index is -1.68. The molecule has 3 rings (SSSR count). The number of quaternary nitrogens is 1. The summed E-state index contributed by atoms with van der Waals surface area (Å²) in [5, 5.41) is 5.33. The van der Waals surface area contributed by atoms with E-state index >= 15 is 0 Å². The summed E-state index contributed by atoms with van der Waals surface area (Å²) in [4.78, 5) is 76.5. The number of esters is 4. The van der Waals surface area contributed by atoms with Gasteiger partial charge in [0.2, 0.25) is 12.4 Å². The summed E-state index contributed by atoms with van der Waals surface area (Å²) >= 11 is 0. The summed E-state index contributed by atoms with van der Waals surface area (Å²) in [7, 11) is 1.08. The average Bonchev–Trinajstić information content (AvgIpc) is 3.00. The third-order valence-corrected chi connectivity index (χ3v) is 7.76. The number of rotatable bonds is 12. The van der Waals surface area contributed by atoms with E-state index in [1.54, 1.807) is 39.0 Å². The maximum absolute atomic E-state index is 13.7. The number of ether oxygens (including phenoxy) is 7. The maximum atomic E-state index is 13.7. The highest BCUT2D eigenvalue weighted by atomic mass is 16.7. The van der Waals surface area contributed by atoms with Gasteiger partial charge in [0.05, 0.1) is 25.8 Å². The second-order valence-electron chi connectivity index (χ2n) is 13.4. The van der Waals surface area contributed by atoms with E-state index in [9.17, 15) is 28.8 Å². The summed E-state index contributed by atoms with van der Waals surface area (Å²) in [6.07, 6.45) is -6.43. The molecule has 1 aromatic carbocycles. The van der Waals surface area contributed by atoms with Crippen LogP contribution < -0.4 is 20.3 Å². The van der Waals surface area contributed by atoms with Crippen molar-refractivity contribution < 1.29 is 66.8 Å². The van der Waals surface area contributed by atoms with Gasteiger partial charge in [0.25, 0.3) is 5.91 Å². The first-order valence-electron chi connectivity index (χ1n) is 16.6. The monoisotopic (exact) mass is 708 g/mol. The number of methoxy groups -OCH3 is 1. The zero-order chi connectivity index (χ0) is 37.2. The predicted molar refractivity (Wildman–Crippen MR) is 174 cm³/mol. The quantitative estimate of drug-likeness (QED) is 0.157. The van der Waals surface area contributed by atoms with E-state index in [1.807, 2.05) is 0 Å². The molecule has 3 N–H and O–H groups in total. The standard InChI is InChI=1S/C34H49N3O13/c1-19-10-9-15-37(17-19)18-23-11-12-25(24(16-23)30(41)35-13-14-36-33(43)50-34(5,6)7)48-32-29(47-22(4)40)27(46-21(3)39)26(45-20(2)38)28(49-32)31(42)44-8/h11-12,16,19,26-29,32H,9-10,13-15,17-18H2,1-8H3,(H,35,41)(H,36,43)/p+1/t19-,26-,27-,28-,29+,32+/m0/s1. The minimum Gasteiger partial charge on any atom is -0.467 e. The Labute approximate surface area is 291 Å². The Kier molecular flexibility index (Phi) is 14.4. The van der Waals surface area contributed by atoms with Gasteiger partial charge in [-0.15, -0.1) is 0 Å². The number of alkyl carbamates (subject to hydrolysis) is 1. The van der Waals surface area contributed by atoms with Crippen LogP contribution in [0.5, 0.6) is 5.75 Å². The zero-order valence-corrected chi connectivity index (χ0v) is 30.0. The highest BCUT2D eigenvalue weighted by Crippen LogP contribution is 2.32. The Balaban J connectivity index is 1.97. The van der Waals surface area contributed by atoms with Crippen molar-refractivity contribution in [2.45, 2.75) is 104 Å². The van der Waals surface area contributed by atoms with Crippen LogP contribution in [0, 0.1) is 5.92 Å². The van der Waals surface area contributed by atoms with E-state index in [4.69, 9.17) is 33.2 Å². The third kappa shape index (κ3) is 12.2. The molecular formula is C34H50N3O13+. The van der Waals surface area contributed by atoms with Crippen molar-refractivity contribution in [2.24, 2.45) is 5.92 Å². The smallest absolute Gasteiger partial charge is 0.407 e. The van der Waals surface area contributed by atoms with E-state index in [1.165, 1.54) is 4.90 Å². The molecule has 278 valence electrons. The van der Waals surface area contributed by atoms with Gasteiger partial charge in [0, 0.05) is 45.3 Å². The van der Waals surface area contributed by atoms with Crippen molar-refractivity contribution in [3.63, 3.8) is 0 Å². The van der Waals surface area contributed by atoms with Crippen LogP contribution in [0.4, 0.5) is 4.79 Å². The molecule has 50 heavy (non-hydrogen) atoms. The van der Waals surface area contributed by atoms with Gasteiger partial charge in [0.15, 0.2) is 18.3 Å². The highest BCUT2D eigenvalue weighted by Gasteiger charge is 2.56. The van der Waals surface area contributed by atoms with E-state index in [-0.39, 0.29) is 24.4 Å². The van der Waals surface area contributed by atoms with Crippen molar-refractivity contribution >= 4 is 35.9 Å². The molecule has 1 aromatic rings. The summed E-state index contributed by atoms with van der Waals surface area (Å²) in [6, 6.07) is 5.01. The number of carbonyl (C=O) groups excluding carboxylic acids is 6. The van der Waals surface area contributed by atoms with E-state index in [0.717, 1.165) is 59.4 Å². The van der Waals surface area contributed by atoms with Gasteiger partial charge in [-0.1, -0.05) is 6.92 Å². The van der Waals surface area contributed by atoms with Crippen LogP contribution in [-0.2, 0) is 54.1 Å². The first kappa shape index (κ1) is 40.0. The average molecular weight is 709 g/mol. The van der Waals surface area contributed by atoms with Crippen LogP contribution >= 0.6 is 0 Å². The van der Waals surface area contributed by atoms with Gasteiger partial charge in [-0.25, -0.2) is 9.59 Å². The Morgan fingerprint density at radius 2 is 1.52 bits per heavy atom. The van der Waals surface area contributed by atoms with Crippen molar-refractivity contribution in [1.82, 2.24) is 10.6 Å². The first-order chi connectivity index (χ1) is 23.5. The molecule has 2 aliphatic rings. The molecule has 16 heteroatoms. The molecule has 1 unspecified atom stereocenters. The van der Waals surface area contributed by atoms with Crippen LogP contribution in [-0.4, -0.2) is 105 Å². The Morgan fingerprint density at radius 1 is 0.900 bits per heavy atom. The van der Waals surface area contributed by atoms with E-state index in [0.29, 0.717) is 12.5 Å². The molecule has 2 amide bonds. The normalized spacial score (nSPS) is 24.9. The summed E-state index contributed by atoms with van der Waals surface area (Å²) < 4.78 is 38.4. The van der Waals surface area contributed by atoms with Crippen LogP contribution in [0.3, 0.4) is 0 Å². The second-order valence-corrected chi connectivity index (χ2v) is 13.4. The lowest BCUT2D eigenvalue weighted by atomic mass is 9.97. The second kappa shape index (κ2) is 18.0. The molecule has 0 aromatic heterocycles. The molecule has 0 saturated carbocycles. The third-order valence-electron chi connectivity index (χ3n) is 7.76. The van der Waals surface area contributed by atoms with Crippen LogP contribution in [0.15, 0.2) is 18.2 Å². The molecule has 0 bridgehead atoms. The molecule has 0 radical (unpaired) electrons. The molecule has 16 nitrogen and oxygen atoms in total. The minimum absolute atomic E-state index is 0.0216. The molecule has 2 fully saturated rings. The number of amides is 2. The predicted octanol–water partition coefficient (Wildman–Crippen LogP) is 0.828. The van der Waals surface area contributed by atoms with Gasteiger partial charge in [0.1, 0.15) is 17.9 Å². The van der Waals surface area contributed by atoms with E-state index in [2.05, 4.69) is 17.6 Å². The molecule has 2 saturated heterocycles. The van der Waals surface area contributed by atoms with Gasteiger partial charge < -0.3 is 48.7 Å². The molecule has 0 aliphatic carbocycles. The van der Waals surface area contributed by atoms with Crippen molar-refractivity contribution in [1.29, 1.82) is 0 Å². The summed E-state index contributed by atoms with van der Waals surface area (Å²) in [5.41, 5.74) is 0.230. The fourth-order valence-electron chi connectivity index (χ4n) is 5.86. The maximum Gasteiger partial charge on any atom is 0.407 e. The SMILES string of the molecule is COC(=O)[C@H]1O[C@@H](Oc2ccc(C[NH+]3CCC[C@H](C)C3)cc2C(=O)NCCNC(=O)OC(C)(C)C)[C@H](OC(C)=O)[C@@H](OC(C)=O)[C@@H]1OC(C)=O. The summed E-state index contributed by atoms with van der Waals surface area (Å²) in [5.74, 6) is -3.52. The molecule has 7 atom stereocenters. The number of hydrogen-bond acceptors (Lipinski definition) is 13. The van der Waals surface area contributed by atoms with Gasteiger partial charge in [-0.3, -0.25) is 19.2 Å². The highest BCUT2D eigenvalue weighted by molar-refractivity contribution is 5.97. The number of carbonyl (C=O) groups is 6. The van der Waals surface area contributed by atoms with Crippen molar-refractivity contribution in [3.8, 4) is 5.75 Å². The van der Waals surface area contributed by atoms with Crippen LogP contribution in [0.1, 0.15) is 77.2 Å². The van der Waals surface area contributed by atoms with Crippen molar-refractivity contribution in [3.05, 3.63) is 29.3 Å². The fourth-order valence-corrected chi connectivity index (χ4v) is 5.86. The fraction of sp³-hybridized carbons (Fsp3) is 0.647. The number of likely N-dealkylation sites (tertiary alicyclic amines) is 1. The molecule has 0 spiro atoms. The first-order valence-corrected chi connectivity index (χ1v) is 16.6. The number of nitrogens with one attached hydrogen (secondary N) is 3. The Hall–Kier alpha value is -4.44. The van der Waals surface area contributed by atoms with Crippen LogP contribution in [0.2, 0.25) is 0 Å². The zero-order valence-electron chi connectivity index (χ0n) is 30.0. The molecular weight excluding hydrogens is 658 g/mol. The topological polar surface area (TPSA) is 196 Å². The lowest BCUT2D eigenvalue weighted by Gasteiger charge is -2.43. The molecule has 2 heterocycles. The lowest BCUT2D eigenvalue weighted by molar-refractivity contribution is -0.922. The lowest BCUT2D eigenvalue weighted by Crippen LogP contribution is -3.12.